The molecule has 1 N–H and O–H groups in total. The van der Waals surface area contributed by atoms with Gasteiger partial charge in [-0.15, -0.1) is 0 Å². The standard InChI is InChI=1S/C15H20BrN3/c1-11-4-5-12(16)10-14(11)15(17-2)7-6-13-8-9-18-19(13)3/h4-5,8-10,15,17H,6-7H2,1-3H3. The first-order valence-corrected chi connectivity index (χ1v) is 7.31. The minimum atomic E-state index is 0.368. The van der Waals surface area contributed by atoms with E-state index in [1.165, 1.54) is 16.8 Å². The van der Waals surface area contributed by atoms with E-state index in [2.05, 4.69) is 57.5 Å². The summed E-state index contributed by atoms with van der Waals surface area (Å²) < 4.78 is 3.08. The summed E-state index contributed by atoms with van der Waals surface area (Å²) in [5.41, 5.74) is 3.96. The first-order valence-electron chi connectivity index (χ1n) is 6.52. The van der Waals surface area contributed by atoms with Crippen molar-refractivity contribution in [3.05, 3.63) is 51.8 Å². The molecule has 1 unspecified atom stereocenters. The maximum absolute atomic E-state index is 4.21. The van der Waals surface area contributed by atoms with Gasteiger partial charge in [0.1, 0.15) is 0 Å². The highest BCUT2D eigenvalue weighted by Crippen LogP contribution is 2.25. The monoisotopic (exact) mass is 321 g/mol. The highest BCUT2D eigenvalue weighted by atomic mass is 79.9. The third-order valence-electron chi connectivity index (χ3n) is 3.58. The smallest absolute Gasteiger partial charge is 0.0492 e. The topological polar surface area (TPSA) is 29.9 Å². The molecule has 0 radical (unpaired) electrons. The Morgan fingerprint density at radius 3 is 2.79 bits per heavy atom. The Labute approximate surface area is 123 Å². The summed E-state index contributed by atoms with van der Waals surface area (Å²) in [5.74, 6) is 0. The van der Waals surface area contributed by atoms with Gasteiger partial charge in [-0.3, -0.25) is 4.68 Å². The fourth-order valence-corrected chi connectivity index (χ4v) is 2.76. The number of halogens is 1. The fraction of sp³-hybridized carbons (Fsp3) is 0.400. The summed E-state index contributed by atoms with van der Waals surface area (Å²) in [4.78, 5) is 0. The zero-order valence-corrected chi connectivity index (χ0v) is 13.2. The molecule has 1 aromatic carbocycles. The van der Waals surface area contributed by atoms with Crippen molar-refractivity contribution in [1.29, 1.82) is 0 Å². The zero-order valence-electron chi connectivity index (χ0n) is 11.7. The van der Waals surface area contributed by atoms with Crippen LogP contribution in [-0.2, 0) is 13.5 Å². The maximum atomic E-state index is 4.21. The van der Waals surface area contributed by atoms with Crippen molar-refractivity contribution in [2.45, 2.75) is 25.8 Å². The van der Waals surface area contributed by atoms with E-state index in [0.717, 1.165) is 17.3 Å². The molecule has 1 atom stereocenters. The van der Waals surface area contributed by atoms with Crippen LogP contribution in [0.3, 0.4) is 0 Å². The third-order valence-corrected chi connectivity index (χ3v) is 4.07. The van der Waals surface area contributed by atoms with Gasteiger partial charge < -0.3 is 5.32 Å². The van der Waals surface area contributed by atoms with Crippen LogP contribution in [0.25, 0.3) is 0 Å². The van der Waals surface area contributed by atoms with Crippen LogP contribution in [0, 0.1) is 6.92 Å². The lowest BCUT2D eigenvalue weighted by Gasteiger charge is -2.19. The van der Waals surface area contributed by atoms with E-state index in [0.29, 0.717) is 6.04 Å². The van der Waals surface area contributed by atoms with Crippen LogP contribution in [0.15, 0.2) is 34.9 Å². The van der Waals surface area contributed by atoms with Crippen LogP contribution in [-0.4, -0.2) is 16.8 Å². The van der Waals surface area contributed by atoms with E-state index in [1.807, 2.05) is 25.0 Å². The van der Waals surface area contributed by atoms with E-state index in [-0.39, 0.29) is 0 Å². The number of rotatable bonds is 5. The van der Waals surface area contributed by atoms with Crippen molar-refractivity contribution in [2.75, 3.05) is 7.05 Å². The van der Waals surface area contributed by atoms with Gasteiger partial charge in [0.25, 0.3) is 0 Å². The lowest BCUT2D eigenvalue weighted by atomic mass is 9.97. The van der Waals surface area contributed by atoms with E-state index < -0.39 is 0 Å². The Hall–Kier alpha value is -1.13. The van der Waals surface area contributed by atoms with E-state index in [9.17, 15) is 0 Å². The highest BCUT2D eigenvalue weighted by Gasteiger charge is 2.13. The molecule has 0 saturated carbocycles. The Morgan fingerprint density at radius 2 is 2.16 bits per heavy atom. The van der Waals surface area contributed by atoms with Crippen LogP contribution in [0.1, 0.15) is 29.3 Å². The van der Waals surface area contributed by atoms with E-state index >= 15 is 0 Å². The van der Waals surface area contributed by atoms with Crippen LogP contribution >= 0.6 is 15.9 Å². The van der Waals surface area contributed by atoms with Gasteiger partial charge in [-0.05, 0) is 56.1 Å². The molecule has 19 heavy (non-hydrogen) atoms. The molecule has 1 aromatic heterocycles. The van der Waals surface area contributed by atoms with Crippen molar-refractivity contribution in [1.82, 2.24) is 15.1 Å². The van der Waals surface area contributed by atoms with Crippen LogP contribution < -0.4 is 5.32 Å². The second-order valence-electron chi connectivity index (χ2n) is 4.83. The second-order valence-corrected chi connectivity index (χ2v) is 5.74. The van der Waals surface area contributed by atoms with Crippen molar-refractivity contribution >= 4 is 15.9 Å². The summed E-state index contributed by atoms with van der Waals surface area (Å²) in [5, 5.41) is 7.63. The largest absolute Gasteiger partial charge is 0.313 e. The quantitative estimate of drug-likeness (QED) is 0.914. The molecule has 2 rings (SSSR count). The lowest BCUT2D eigenvalue weighted by Crippen LogP contribution is -2.18. The normalized spacial score (nSPS) is 12.6. The molecule has 4 heteroatoms. The Balaban J connectivity index is 2.12. The summed E-state index contributed by atoms with van der Waals surface area (Å²) in [7, 11) is 4.02. The fourth-order valence-electron chi connectivity index (χ4n) is 2.38. The molecular weight excluding hydrogens is 302 g/mol. The van der Waals surface area contributed by atoms with Gasteiger partial charge in [0.15, 0.2) is 0 Å². The molecule has 0 saturated heterocycles. The molecule has 0 fully saturated rings. The van der Waals surface area contributed by atoms with Crippen LogP contribution in [0.2, 0.25) is 0 Å². The summed E-state index contributed by atoms with van der Waals surface area (Å²) in [6.45, 7) is 2.16. The number of aryl methyl sites for hydroxylation is 3. The van der Waals surface area contributed by atoms with Gasteiger partial charge >= 0.3 is 0 Å². The number of nitrogens with one attached hydrogen (secondary N) is 1. The minimum Gasteiger partial charge on any atom is -0.313 e. The van der Waals surface area contributed by atoms with Gasteiger partial charge in [-0.25, -0.2) is 0 Å². The molecule has 0 aliphatic carbocycles. The number of hydrogen-bond acceptors (Lipinski definition) is 2. The van der Waals surface area contributed by atoms with Crippen molar-refractivity contribution < 1.29 is 0 Å². The predicted molar refractivity (Wildman–Crippen MR) is 82.2 cm³/mol. The van der Waals surface area contributed by atoms with Gasteiger partial charge in [0, 0.05) is 29.5 Å². The van der Waals surface area contributed by atoms with Crippen LogP contribution in [0.5, 0.6) is 0 Å². The van der Waals surface area contributed by atoms with Crippen LogP contribution in [0.4, 0.5) is 0 Å². The zero-order chi connectivity index (χ0) is 13.8. The molecule has 0 bridgehead atoms. The van der Waals surface area contributed by atoms with Gasteiger partial charge in [-0.1, -0.05) is 22.0 Å². The number of hydrogen-bond donors (Lipinski definition) is 1. The van der Waals surface area contributed by atoms with Gasteiger partial charge in [-0.2, -0.15) is 5.10 Å². The molecule has 1 heterocycles. The molecule has 2 aromatic rings. The summed E-state index contributed by atoms with van der Waals surface area (Å²) in [6, 6.07) is 8.91. The third kappa shape index (κ3) is 3.45. The first-order chi connectivity index (χ1) is 9.11. The second kappa shape index (κ2) is 6.35. The SMILES string of the molecule is CNC(CCc1ccnn1C)c1cc(Br)ccc1C. The predicted octanol–water partition coefficient (Wildman–Crippen LogP) is 3.38. The lowest BCUT2D eigenvalue weighted by molar-refractivity contribution is 0.533. The molecule has 0 spiro atoms. The Morgan fingerprint density at radius 1 is 1.37 bits per heavy atom. The molecular formula is C15H20BrN3. The average molecular weight is 322 g/mol. The number of aromatic nitrogens is 2. The van der Waals surface area contributed by atoms with Crippen molar-refractivity contribution in [3.63, 3.8) is 0 Å². The molecule has 0 amide bonds. The first kappa shape index (κ1) is 14.3. The Bertz CT molecular complexity index is 548. The maximum Gasteiger partial charge on any atom is 0.0492 e. The Kier molecular flexibility index (Phi) is 4.77. The summed E-state index contributed by atoms with van der Waals surface area (Å²) >= 11 is 3.55. The van der Waals surface area contributed by atoms with Crippen molar-refractivity contribution in [2.24, 2.45) is 7.05 Å². The van der Waals surface area contributed by atoms with E-state index in [4.69, 9.17) is 0 Å². The highest BCUT2D eigenvalue weighted by molar-refractivity contribution is 9.10. The molecule has 3 nitrogen and oxygen atoms in total. The van der Waals surface area contributed by atoms with E-state index in [1.54, 1.807) is 0 Å². The van der Waals surface area contributed by atoms with Crippen molar-refractivity contribution in [3.8, 4) is 0 Å². The number of benzene rings is 1. The van der Waals surface area contributed by atoms with Gasteiger partial charge in [0.2, 0.25) is 0 Å². The number of nitrogens with zero attached hydrogens (tertiary/aromatic N) is 2. The molecule has 102 valence electrons. The minimum absolute atomic E-state index is 0.368. The molecule has 0 aliphatic rings. The summed E-state index contributed by atoms with van der Waals surface area (Å²) in [6.07, 6.45) is 3.94. The van der Waals surface area contributed by atoms with Gasteiger partial charge in [0.05, 0.1) is 0 Å². The average Bonchev–Trinajstić information content (AvgIpc) is 2.80. The molecule has 0 aliphatic heterocycles.